The molecule has 41 heavy (non-hydrogen) atoms. The summed E-state index contributed by atoms with van der Waals surface area (Å²) in [6.07, 6.45) is 24.8. The van der Waals surface area contributed by atoms with Gasteiger partial charge in [-0.15, -0.1) is 0 Å². The second kappa shape index (κ2) is 19.3. The van der Waals surface area contributed by atoms with E-state index in [0.29, 0.717) is 0 Å². The van der Waals surface area contributed by atoms with Crippen molar-refractivity contribution in [1.29, 1.82) is 0 Å². The second-order valence-electron chi connectivity index (χ2n) is 10.8. The Morgan fingerprint density at radius 3 is 1.37 bits per heavy atom. The molecule has 2 rings (SSSR count). The molecule has 1 nitrogen and oxygen atoms in total. The number of benzene rings is 2. The molecule has 238 valence electrons. The van der Waals surface area contributed by atoms with E-state index in [9.17, 15) is 16.9 Å². The summed E-state index contributed by atoms with van der Waals surface area (Å²) in [5.74, 6) is 2.13. The zero-order valence-corrected chi connectivity index (χ0v) is 28.3. The first kappa shape index (κ1) is 38.0. The fraction of sp³-hybridized carbons (Fsp3) is 0.625. The zero-order chi connectivity index (χ0) is 30.5. The van der Waals surface area contributed by atoms with E-state index in [4.69, 9.17) is 4.74 Å². The van der Waals surface area contributed by atoms with Crippen LogP contribution in [0.15, 0.2) is 59.5 Å². The molecule has 0 aliphatic rings. The van der Waals surface area contributed by atoms with Crippen LogP contribution < -0.4 is 4.74 Å². The molecule has 1 atom stereocenters. The van der Waals surface area contributed by atoms with Crippen LogP contribution in [0.5, 0.6) is 5.75 Å². The van der Waals surface area contributed by atoms with Crippen molar-refractivity contribution in [3.8, 4) is 5.75 Å². The van der Waals surface area contributed by atoms with Crippen molar-refractivity contribution in [1.82, 2.24) is 0 Å². The molecular formula is C32H51F6OSSb. The van der Waals surface area contributed by atoms with Crippen molar-refractivity contribution in [3.63, 3.8) is 0 Å². The maximum absolute atomic E-state index is 11.2. The number of hydrogen-bond donors (Lipinski definition) is 0. The van der Waals surface area contributed by atoms with Crippen LogP contribution in [0.1, 0.15) is 115 Å². The van der Waals surface area contributed by atoms with Gasteiger partial charge >= 0.3 is 36.4 Å². The minimum absolute atomic E-state index is 0.233. The van der Waals surface area contributed by atoms with E-state index in [-0.39, 0.29) is 10.9 Å². The zero-order valence-electron chi connectivity index (χ0n) is 25.0. The summed E-state index contributed by atoms with van der Waals surface area (Å²) < 4.78 is 65.5. The summed E-state index contributed by atoms with van der Waals surface area (Å²) in [7, 11) is 0.233. The van der Waals surface area contributed by atoms with E-state index < -0.39 is 19.5 Å². The van der Waals surface area contributed by atoms with Gasteiger partial charge in [-0.3, -0.25) is 0 Å². The standard InChI is InChI=1S/C32H51OS.6FH.Sb/c1-3-4-5-6-7-8-9-10-11-12-13-14-15-16-17-21-28-33-31-24-26-32(27-25-31)34(2)29-30-22-19-18-20-23-30;;;;;;;/h18-20,22-27H,3-17,21,28-29H2,1-2H3;6*1H;/q+1;;;;;;;+5/p-6. The molecular weight excluding hydrogens is 668 g/mol. The number of rotatable bonds is 21. The molecule has 2 aromatic carbocycles. The van der Waals surface area contributed by atoms with Crippen LogP contribution in [0.4, 0.5) is 16.9 Å². The Hall–Kier alpha value is -1.01. The van der Waals surface area contributed by atoms with Gasteiger partial charge in [0.05, 0.1) is 6.61 Å². The van der Waals surface area contributed by atoms with E-state index in [1.54, 1.807) is 0 Å². The molecule has 0 aliphatic heterocycles. The number of ether oxygens (including phenoxy) is 1. The van der Waals surface area contributed by atoms with Gasteiger partial charge in [-0.2, -0.15) is 0 Å². The first-order valence-electron chi connectivity index (χ1n) is 15.2. The quantitative estimate of drug-likeness (QED) is 0.0540. The summed E-state index contributed by atoms with van der Waals surface area (Å²) in [5, 5.41) is 0. The van der Waals surface area contributed by atoms with Crippen molar-refractivity contribution in [3.05, 3.63) is 60.2 Å². The van der Waals surface area contributed by atoms with Gasteiger partial charge in [-0.1, -0.05) is 134 Å². The first-order valence-corrected chi connectivity index (χ1v) is 22.8. The maximum atomic E-state index is 9.93. The van der Waals surface area contributed by atoms with Crippen molar-refractivity contribution in [2.24, 2.45) is 0 Å². The predicted octanol–water partition coefficient (Wildman–Crippen LogP) is 12.3. The Morgan fingerprint density at radius 1 is 0.561 bits per heavy atom. The molecule has 0 aliphatic carbocycles. The molecule has 2 aromatic rings. The summed E-state index contributed by atoms with van der Waals surface area (Å²) in [6.45, 7) is 3.14. The Balaban J connectivity index is 0.00000106. The van der Waals surface area contributed by atoms with Crippen LogP contribution in [-0.4, -0.2) is 32.3 Å². The van der Waals surface area contributed by atoms with Crippen LogP contribution in [-0.2, 0) is 16.6 Å². The number of hydrogen-bond acceptors (Lipinski definition) is 1. The molecule has 0 saturated carbocycles. The van der Waals surface area contributed by atoms with E-state index in [0.717, 1.165) is 18.1 Å². The first-order chi connectivity index (χ1) is 19.2. The Labute approximate surface area is 250 Å². The topological polar surface area (TPSA) is 9.23 Å². The van der Waals surface area contributed by atoms with Crippen LogP contribution in [0.2, 0.25) is 0 Å². The minimum atomic E-state index is -11.2. The normalized spacial score (nSPS) is 14.0. The van der Waals surface area contributed by atoms with Crippen LogP contribution in [0, 0.1) is 0 Å². The van der Waals surface area contributed by atoms with E-state index in [2.05, 4.69) is 67.8 Å². The monoisotopic (exact) mass is 718 g/mol. The third-order valence-corrected chi connectivity index (χ3v) is 8.56. The molecule has 0 radical (unpaired) electrons. The molecule has 0 fully saturated rings. The van der Waals surface area contributed by atoms with Gasteiger partial charge < -0.3 is 4.74 Å². The Morgan fingerprint density at radius 2 is 0.951 bits per heavy atom. The number of unbranched alkanes of at least 4 members (excludes halogenated alkanes) is 15. The fourth-order valence-corrected chi connectivity index (χ4v) is 5.98. The van der Waals surface area contributed by atoms with Gasteiger partial charge in [0, 0.05) is 16.5 Å². The van der Waals surface area contributed by atoms with Crippen molar-refractivity contribution in [2.45, 2.75) is 120 Å². The summed E-state index contributed by atoms with van der Waals surface area (Å²) in [4.78, 5) is 1.42. The van der Waals surface area contributed by atoms with Gasteiger partial charge in [0.1, 0.15) is 17.8 Å². The fourth-order valence-electron chi connectivity index (χ4n) is 4.52. The van der Waals surface area contributed by atoms with Crippen LogP contribution >= 0.6 is 0 Å². The van der Waals surface area contributed by atoms with Crippen molar-refractivity contribution in [2.75, 3.05) is 12.9 Å². The third-order valence-electron chi connectivity index (χ3n) is 6.72. The molecule has 0 amide bonds. The molecule has 0 aromatic heterocycles. The van der Waals surface area contributed by atoms with Crippen LogP contribution in [0.3, 0.4) is 0 Å². The summed E-state index contributed by atoms with van der Waals surface area (Å²) in [6, 6.07) is 19.6. The van der Waals surface area contributed by atoms with E-state index in [1.165, 1.54) is 113 Å². The van der Waals surface area contributed by atoms with Crippen molar-refractivity contribution >= 4 is 30.4 Å². The Kier molecular flexibility index (Phi) is 17.9. The average Bonchev–Trinajstić information content (AvgIpc) is 2.89. The average molecular weight is 720 g/mol. The molecule has 0 N–H and O–H groups in total. The van der Waals surface area contributed by atoms with Gasteiger partial charge in [-0.05, 0) is 30.7 Å². The summed E-state index contributed by atoms with van der Waals surface area (Å²) >= 11 is -11.2. The molecule has 0 heterocycles. The van der Waals surface area contributed by atoms with Crippen molar-refractivity contribution < 1.29 is 21.6 Å². The van der Waals surface area contributed by atoms with Crippen LogP contribution in [0.25, 0.3) is 0 Å². The molecule has 0 bridgehead atoms. The van der Waals surface area contributed by atoms with Gasteiger partial charge in [0.15, 0.2) is 4.90 Å². The molecule has 1 unspecified atom stereocenters. The Bertz CT molecular complexity index is 896. The summed E-state index contributed by atoms with van der Waals surface area (Å²) in [5.41, 5.74) is 1.41. The molecule has 0 saturated heterocycles. The molecule has 0 spiro atoms. The second-order valence-corrected chi connectivity index (χ2v) is 18.4. The van der Waals surface area contributed by atoms with E-state index in [1.807, 2.05) is 0 Å². The third kappa shape index (κ3) is 27.6. The predicted molar refractivity (Wildman–Crippen MR) is 166 cm³/mol. The van der Waals surface area contributed by atoms with Gasteiger partial charge in [0.2, 0.25) is 0 Å². The molecule has 9 heteroatoms. The van der Waals surface area contributed by atoms with Gasteiger partial charge in [-0.25, -0.2) is 0 Å². The van der Waals surface area contributed by atoms with Gasteiger partial charge in [0.25, 0.3) is 0 Å². The number of halogens is 6. The SMILES string of the molecule is CCCCCCCCCCCCCCCCCCOc1ccc([S+](C)Cc2ccccc2)cc1.[F][Sb-]([F])([F])([F])([F])[F]. The van der Waals surface area contributed by atoms with E-state index >= 15 is 0 Å².